The van der Waals surface area contributed by atoms with Crippen molar-refractivity contribution in [3.63, 3.8) is 0 Å². The second kappa shape index (κ2) is 9.37. The van der Waals surface area contributed by atoms with Gasteiger partial charge in [0.25, 0.3) is 0 Å². The van der Waals surface area contributed by atoms with E-state index in [1.165, 1.54) is 18.2 Å². The first kappa shape index (κ1) is 20.0. The Morgan fingerprint density at radius 3 is 2.48 bits per heavy atom. The van der Waals surface area contributed by atoms with E-state index >= 15 is 0 Å². The number of nitrogens with zero attached hydrogens (tertiary/aromatic N) is 1. The highest BCUT2D eigenvalue weighted by Crippen LogP contribution is 2.17. The first-order valence-corrected chi connectivity index (χ1v) is 7.78. The van der Waals surface area contributed by atoms with Gasteiger partial charge >= 0.3 is 6.18 Å². The van der Waals surface area contributed by atoms with Crippen molar-refractivity contribution >= 4 is 23.6 Å². The Labute approximate surface area is 153 Å². The van der Waals surface area contributed by atoms with E-state index in [9.17, 15) is 22.8 Å². The van der Waals surface area contributed by atoms with Crippen molar-refractivity contribution in [2.45, 2.75) is 6.18 Å². The first-order chi connectivity index (χ1) is 12.8. The van der Waals surface area contributed by atoms with Gasteiger partial charge in [0.1, 0.15) is 0 Å². The molecule has 0 saturated heterocycles. The normalized spacial score (nSPS) is 11.2. The minimum Gasteiger partial charge on any atom is -0.468 e. The van der Waals surface area contributed by atoms with E-state index in [0.29, 0.717) is 0 Å². The van der Waals surface area contributed by atoms with Crippen molar-refractivity contribution in [1.82, 2.24) is 10.3 Å². The molecule has 0 saturated carbocycles. The Bertz CT molecular complexity index is 791. The van der Waals surface area contributed by atoms with E-state index in [1.54, 1.807) is 6.08 Å². The highest BCUT2D eigenvalue weighted by atomic mass is 19.4. The predicted molar refractivity (Wildman–Crippen MR) is 92.9 cm³/mol. The molecule has 0 unspecified atom stereocenters. The topological polar surface area (TPSA) is 80.3 Å². The van der Waals surface area contributed by atoms with Crippen LogP contribution in [0.1, 0.15) is 5.56 Å². The van der Waals surface area contributed by atoms with Crippen LogP contribution in [-0.4, -0.2) is 36.1 Å². The first-order valence-electron chi connectivity index (χ1n) is 7.78. The lowest BCUT2D eigenvalue weighted by atomic mass is 10.2. The number of amides is 2. The summed E-state index contributed by atoms with van der Waals surface area (Å²) in [5.74, 6) is -1.17. The van der Waals surface area contributed by atoms with Gasteiger partial charge in [-0.05, 0) is 17.7 Å². The number of nitrogens with one attached hydrogen (secondary N) is 2. The molecule has 6 nitrogen and oxygen atoms in total. The summed E-state index contributed by atoms with van der Waals surface area (Å²) in [5, 5.41) is 4.87. The predicted octanol–water partition coefficient (Wildman–Crippen LogP) is 2.79. The van der Waals surface area contributed by atoms with Crippen LogP contribution in [0, 0.1) is 0 Å². The average molecular weight is 379 g/mol. The monoisotopic (exact) mass is 379 g/mol. The van der Waals surface area contributed by atoms with Crippen LogP contribution in [0.4, 0.5) is 18.9 Å². The zero-order valence-electron chi connectivity index (χ0n) is 14.0. The van der Waals surface area contributed by atoms with Gasteiger partial charge < -0.3 is 15.4 Å². The van der Waals surface area contributed by atoms with E-state index in [0.717, 1.165) is 11.8 Å². The summed E-state index contributed by atoms with van der Waals surface area (Å²) < 4.78 is 40.6. The minimum atomic E-state index is -4.46. The molecule has 2 N–H and O–H groups in total. The molecule has 0 aliphatic rings. The van der Waals surface area contributed by atoms with Gasteiger partial charge in [-0.25, -0.2) is 4.98 Å². The molecule has 1 heterocycles. The highest BCUT2D eigenvalue weighted by molar-refractivity contribution is 5.97. The number of hydrogen-bond donors (Lipinski definition) is 2. The number of carbonyl (C=O) groups is 2. The molecule has 2 amide bonds. The van der Waals surface area contributed by atoms with Crippen LogP contribution >= 0.6 is 0 Å². The average Bonchev–Trinajstić information content (AvgIpc) is 2.64. The Hall–Kier alpha value is -3.36. The zero-order valence-corrected chi connectivity index (χ0v) is 14.0. The number of alkyl halides is 3. The summed E-state index contributed by atoms with van der Waals surface area (Å²) in [4.78, 5) is 27.1. The second-order valence-corrected chi connectivity index (χ2v) is 5.30. The van der Waals surface area contributed by atoms with E-state index in [2.05, 4.69) is 20.4 Å². The van der Waals surface area contributed by atoms with Crippen LogP contribution in [0.25, 0.3) is 6.08 Å². The van der Waals surface area contributed by atoms with Crippen molar-refractivity contribution in [3.8, 4) is 5.88 Å². The molecule has 1 aromatic heterocycles. The number of benzene rings is 1. The number of ether oxygens (including phenoxy) is 1. The molecular formula is C18H16F3N3O3. The Morgan fingerprint density at radius 1 is 1.11 bits per heavy atom. The van der Waals surface area contributed by atoms with Gasteiger partial charge in [0, 0.05) is 12.1 Å². The van der Waals surface area contributed by atoms with Crippen molar-refractivity contribution in [3.05, 3.63) is 60.3 Å². The molecule has 9 heteroatoms. The van der Waals surface area contributed by atoms with Crippen LogP contribution < -0.4 is 15.4 Å². The summed E-state index contributed by atoms with van der Waals surface area (Å²) in [6.45, 7) is -1.72. The molecule has 0 atom stereocenters. The molecule has 0 aliphatic carbocycles. The molecule has 0 aliphatic heterocycles. The highest BCUT2D eigenvalue weighted by Gasteiger charge is 2.28. The summed E-state index contributed by atoms with van der Waals surface area (Å²) in [6, 6.07) is 11.7. The minimum absolute atomic E-state index is 0.218. The lowest BCUT2D eigenvalue weighted by Gasteiger charge is -2.09. The van der Waals surface area contributed by atoms with E-state index in [4.69, 9.17) is 0 Å². The maximum Gasteiger partial charge on any atom is 0.422 e. The lowest BCUT2D eigenvalue weighted by Crippen LogP contribution is -2.31. The molecule has 1 aromatic carbocycles. The third-order valence-corrected chi connectivity index (χ3v) is 3.05. The lowest BCUT2D eigenvalue weighted by molar-refractivity contribution is -0.154. The summed E-state index contributed by atoms with van der Waals surface area (Å²) >= 11 is 0. The number of aromatic nitrogens is 1. The molecule has 142 valence electrons. The largest absolute Gasteiger partial charge is 0.468 e. The second-order valence-electron chi connectivity index (χ2n) is 5.30. The standard InChI is InChI=1S/C18H16F3N3O3/c19-18(20,21)12-27-17-9-7-14(10-23-17)24-16(26)11-22-15(25)8-6-13-4-2-1-3-5-13/h1-10H,11-12H2,(H,22,25)(H,24,26)/b8-6+. The maximum atomic E-state index is 12.0. The number of rotatable bonds is 7. The van der Waals surface area contributed by atoms with Crippen molar-refractivity contribution in [1.29, 1.82) is 0 Å². The van der Waals surface area contributed by atoms with E-state index in [-0.39, 0.29) is 18.1 Å². The van der Waals surface area contributed by atoms with Crippen LogP contribution in [0.3, 0.4) is 0 Å². The number of anilines is 1. The molecule has 2 rings (SSSR count). The molecule has 0 fully saturated rings. The Kier molecular flexibility index (Phi) is 6.93. The fourth-order valence-electron chi connectivity index (χ4n) is 1.86. The third kappa shape index (κ3) is 8.04. The fraction of sp³-hybridized carbons (Fsp3) is 0.167. The molecule has 0 spiro atoms. The smallest absolute Gasteiger partial charge is 0.422 e. The fourth-order valence-corrected chi connectivity index (χ4v) is 1.86. The van der Waals surface area contributed by atoms with Crippen LogP contribution in [0.5, 0.6) is 5.88 Å². The third-order valence-electron chi connectivity index (χ3n) is 3.05. The number of pyridine rings is 1. The van der Waals surface area contributed by atoms with Gasteiger partial charge in [-0.2, -0.15) is 13.2 Å². The van der Waals surface area contributed by atoms with Gasteiger partial charge in [-0.3, -0.25) is 9.59 Å². The van der Waals surface area contributed by atoms with Gasteiger partial charge in [0.05, 0.1) is 18.4 Å². The summed E-state index contributed by atoms with van der Waals surface area (Å²) in [5.41, 5.74) is 1.10. The Balaban J connectivity index is 1.75. The molecule has 27 heavy (non-hydrogen) atoms. The van der Waals surface area contributed by atoms with Gasteiger partial charge in [0.15, 0.2) is 6.61 Å². The number of hydrogen-bond acceptors (Lipinski definition) is 4. The van der Waals surface area contributed by atoms with Crippen LogP contribution in [0.15, 0.2) is 54.7 Å². The summed E-state index contributed by atoms with van der Waals surface area (Å²) in [7, 11) is 0. The van der Waals surface area contributed by atoms with Gasteiger partial charge in [-0.1, -0.05) is 30.3 Å². The van der Waals surface area contributed by atoms with E-state index in [1.807, 2.05) is 30.3 Å². The maximum absolute atomic E-state index is 12.0. The number of carbonyl (C=O) groups excluding carboxylic acids is 2. The quantitative estimate of drug-likeness (QED) is 0.725. The van der Waals surface area contributed by atoms with Crippen LogP contribution in [0.2, 0.25) is 0 Å². The van der Waals surface area contributed by atoms with Crippen molar-refractivity contribution in [2.75, 3.05) is 18.5 Å². The molecule has 2 aromatic rings. The summed E-state index contributed by atoms with van der Waals surface area (Å²) in [6.07, 6.45) is -0.393. The number of halogens is 3. The van der Waals surface area contributed by atoms with Crippen molar-refractivity contribution < 1.29 is 27.5 Å². The van der Waals surface area contributed by atoms with Gasteiger partial charge in [-0.15, -0.1) is 0 Å². The SMILES string of the molecule is O=C(/C=C/c1ccccc1)NCC(=O)Nc1ccc(OCC(F)(F)F)nc1. The zero-order chi connectivity index (χ0) is 19.7. The van der Waals surface area contributed by atoms with Gasteiger partial charge in [0.2, 0.25) is 17.7 Å². The molecule has 0 radical (unpaired) electrons. The van der Waals surface area contributed by atoms with Crippen molar-refractivity contribution in [2.24, 2.45) is 0 Å². The molecular weight excluding hydrogens is 363 g/mol. The van der Waals surface area contributed by atoms with Crippen LogP contribution in [-0.2, 0) is 9.59 Å². The Morgan fingerprint density at radius 2 is 1.85 bits per heavy atom. The molecule has 0 bridgehead atoms. The van der Waals surface area contributed by atoms with E-state index < -0.39 is 24.6 Å².